The van der Waals surface area contributed by atoms with E-state index in [4.69, 9.17) is 21.5 Å². The summed E-state index contributed by atoms with van der Waals surface area (Å²) in [6, 6.07) is 12.4. The Morgan fingerprint density at radius 1 is 1.00 bits per heavy atom. The predicted octanol–water partition coefficient (Wildman–Crippen LogP) is 2.89. The van der Waals surface area contributed by atoms with Crippen molar-refractivity contribution >= 4 is 39.0 Å². The smallest absolute Gasteiger partial charge is 0.273 e. The van der Waals surface area contributed by atoms with E-state index in [1.165, 1.54) is 24.3 Å². The molecular weight excluding hydrogens is 428 g/mol. The molecule has 158 valence electrons. The minimum absolute atomic E-state index is 0.0438. The molecule has 0 fully saturated rings. The second kappa shape index (κ2) is 8.59. The molecule has 30 heavy (non-hydrogen) atoms. The predicted molar refractivity (Wildman–Crippen MR) is 113 cm³/mol. The topological polar surface area (TPSA) is 107 Å². The maximum Gasteiger partial charge on any atom is 0.273 e. The van der Waals surface area contributed by atoms with E-state index in [9.17, 15) is 18.0 Å². The number of hydrogen-bond donors (Lipinski definition) is 1. The van der Waals surface area contributed by atoms with E-state index in [2.05, 4.69) is 0 Å². The third kappa shape index (κ3) is 4.72. The lowest BCUT2D eigenvalue weighted by Crippen LogP contribution is -2.30. The number of amides is 2. The van der Waals surface area contributed by atoms with E-state index < -0.39 is 21.8 Å². The first-order valence-corrected chi connectivity index (χ1v) is 11.1. The molecule has 9 heteroatoms. The molecule has 1 aliphatic heterocycles. The average Bonchev–Trinajstić information content (AvgIpc) is 2.90. The molecule has 1 aliphatic rings. The highest BCUT2D eigenvalue weighted by molar-refractivity contribution is 7.89. The van der Waals surface area contributed by atoms with Crippen molar-refractivity contribution in [3.63, 3.8) is 0 Å². The fourth-order valence-electron chi connectivity index (χ4n) is 2.89. The summed E-state index contributed by atoms with van der Waals surface area (Å²) in [4.78, 5) is 26.4. The number of nitrogens with zero attached hydrogens (tertiary/aromatic N) is 1. The third-order valence-corrected chi connectivity index (χ3v) is 5.71. The summed E-state index contributed by atoms with van der Waals surface area (Å²) < 4.78 is 28.4. The molecule has 2 amide bonds. The van der Waals surface area contributed by atoms with Crippen LogP contribution in [0.15, 0.2) is 58.5 Å². The molecule has 0 saturated heterocycles. The van der Waals surface area contributed by atoms with Crippen molar-refractivity contribution in [1.82, 2.24) is 4.90 Å². The summed E-state index contributed by atoms with van der Waals surface area (Å²) in [7, 11) is -3.82. The number of rotatable bonds is 7. The van der Waals surface area contributed by atoms with Gasteiger partial charge in [-0.2, -0.15) is 0 Å². The summed E-state index contributed by atoms with van der Waals surface area (Å²) in [5, 5.41) is 4.92. The number of carbonyl (C=O) groups excluding carboxylic acids is 2. The van der Waals surface area contributed by atoms with E-state index in [1.807, 2.05) is 13.8 Å². The molecule has 0 unspecified atom stereocenters. The van der Waals surface area contributed by atoms with Gasteiger partial charge in [0.2, 0.25) is 10.0 Å². The Morgan fingerprint density at radius 2 is 1.60 bits per heavy atom. The molecule has 0 radical (unpaired) electrons. The van der Waals surface area contributed by atoms with Crippen molar-refractivity contribution in [2.45, 2.75) is 25.3 Å². The highest BCUT2D eigenvalue weighted by atomic mass is 35.5. The number of nitrogens with two attached hydrogens (primary N) is 1. The first-order valence-electron chi connectivity index (χ1n) is 9.19. The number of primary sulfonamides is 1. The van der Waals surface area contributed by atoms with Gasteiger partial charge in [0.25, 0.3) is 11.8 Å². The van der Waals surface area contributed by atoms with Crippen molar-refractivity contribution in [3.8, 4) is 5.75 Å². The maximum atomic E-state index is 12.9. The molecule has 0 saturated carbocycles. The van der Waals surface area contributed by atoms with E-state index >= 15 is 0 Å². The summed E-state index contributed by atoms with van der Waals surface area (Å²) in [5.41, 5.74) is 1.20. The van der Waals surface area contributed by atoms with Gasteiger partial charge in [0, 0.05) is 0 Å². The van der Waals surface area contributed by atoms with E-state index in [1.54, 1.807) is 24.3 Å². The van der Waals surface area contributed by atoms with E-state index in [-0.39, 0.29) is 22.0 Å². The minimum atomic E-state index is -3.82. The van der Waals surface area contributed by atoms with Crippen LogP contribution in [0, 0.1) is 5.92 Å². The second-order valence-corrected chi connectivity index (χ2v) is 9.24. The molecule has 0 spiro atoms. The molecule has 0 bridgehead atoms. The number of halogens is 1. The fourth-order valence-corrected chi connectivity index (χ4v) is 3.70. The quantitative estimate of drug-likeness (QED) is 0.655. The van der Waals surface area contributed by atoms with Crippen LogP contribution in [0.3, 0.4) is 0 Å². The van der Waals surface area contributed by atoms with Gasteiger partial charge in [-0.1, -0.05) is 49.7 Å². The Labute approximate surface area is 180 Å². The van der Waals surface area contributed by atoms with Crippen LogP contribution in [0.25, 0.3) is 5.57 Å². The Balaban J connectivity index is 1.77. The molecule has 7 nitrogen and oxygen atoms in total. The molecule has 2 aromatic rings. The molecule has 3 rings (SSSR count). The third-order valence-electron chi connectivity index (χ3n) is 4.43. The van der Waals surface area contributed by atoms with Gasteiger partial charge >= 0.3 is 0 Å². The van der Waals surface area contributed by atoms with Gasteiger partial charge in [0.15, 0.2) is 0 Å². The molecule has 0 aliphatic carbocycles. The molecule has 0 aromatic heterocycles. The number of benzene rings is 2. The van der Waals surface area contributed by atoms with E-state index in [0.29, 0.717) is 29.4 Å². The van der Waals surface area contributed by atoms with Crippen LogP contribution in [-0.2, 0) is 26.2 Å². The first kappa shape index (κ1) is 22.0. The van der Waals surface area contributed by atoms with Crippen molar-refractivity contribution < 1.29 is 22.7 Å². The van der Waals surface area contributed by atoms with Crippen molar-refractivity contribution in [2.75, 3.05) is 6.61 Å². The van der Waals surface area contributed by atoms with Crippen molar-refractivity contribution in [2.24, 2.45) is 11.1 Å². The number of hydrogen-bond acceptors (Lipinski definition) is 5. The number of ether oxygens (including phenoxy) is 1. The molecule has 1 heterocycles. The Kier molecular flexibility index (Phi) is 6.30. The highest BCUT2D eigenvalue weighted by Crippen LogP contribution is 2.33. The van der Waals surface area contributed by atoms with Crippen molar-refractivity contribution in [1.29, 1.82) is 0 Å². The Bertz CT molecular complexity index is 1110. The van der Waals surface area contributed by atoms with Crippen LogP contribution >= 0.6 is 11.6 Å². The summed E-state index contributed by atoms with van der Waals surface area (Å²) in [5.74, 6) is -0.0834. The number of imide groups is 1. The SMILES string of the molecule is CC(C)COc1ccc(C2=C(Cl)C(=O)N(Cc3ccc(S(N)(=O)=O)cc3)C2=O)cc1. The number of carbonyl (C=O) groups is 2. The van der Waals surface area contributed by atoms with Crippen LogP contribution in [0.1, 0.15) is 25.0 Å². The number of sulfonamides is 1. The summed E-state index contributed by atoms with van der Waals surface area (Å²) >= 11 is 6.19. The average molecular weight is 449 g/mol. The largest absolute Gasteiger partial charge is 0.493 e. The second-order valence-electron chi connectivity index (χ2n) is 7.30. The Hall–Kier alpha value is -2.68. The lowest BCUT2D eigenvalue weighted by molar-refractivity contribution is -0.137. The van der Waals surface area contributed by atoms with Crippen molar-refractivity contribution in [3.05, 3.63) is 64.7 Å². The van der Waals surface area contributed by atoms with Gasteiger partial charge in [-0.25, -0.2) is 13.6 Å². The van der Waals surface area contributed by atoms with Gasteiger partial charge in [-0.15, -0.1) is 0 Å². The maximum absolute atomic E-state index is 12.9. The van der Waals surface area contributed by atoms with E-state index in [0.717, 1.165) is 4.90 Å². The Morgan fingerprint density at radius 3 is 2.13 bits per heavy atom. The summed E-state index contributed by atoms with van der Waals surface area (Å²) in [6.07, 6.45) is 0. The standard InChI is InChI=1S/C21H21ClN2O5S/c1-13(2)12-29-16-7-5-15(6-8-16)18-19(22)21(26)24(20(18)25)11-14-3-9-17(10-4-14)30(23,27)28/h3-10,13H,11-12H2,1-2H3,(H2,23,27,28). The zero-order chi connectivity index (χ0) is 22.1. The zero-order valence-electron chi connectivity index (χ0n) is 16.5. The molecule has 2 N–H and O–H groups in total. The van der Waals surface area contributed by atoms with Gasteiger partial charge in [-0.3, -0.25) is 14.5 Å². The highest BCUT2D eigenvalue weighted by Gasteiger charge is 2.38. The minimum Gasteiger partial charge on any atom is -0.493 e. The lowest BCUT2D eigenvalue weighted by Gasteiger charge is -2.15. The monoisotopic (exact) mass is 448 g/mol. The van der Waals surface area contributed by atoms with Crippen LogP contribution in [0.2, 0.25) is 0 Å². The van der Waals surface area contributed by atoms with Crippen LogP contribution < -0.4 is 9.88 Å². The normalized spacial score (nSPS) is 14.8. The van der Waals surface area contributed by atoms with Crippen LogP contribution in [0.4, 0.5) is 0 Å². The first-order chi connectivity index (χ1) is 14.1. The summed E-state index contributed by atoms with van der Waals surface area (Å²) in [6.45, 7) is 4.60. The van der Waals surface area contributed by atoms with Crippen LogP contribution in [-0.4, -0.2) is 31.7 Å². The van der Waals surface area contributed by atoms with Gasteiger partial charge in [0.05, 0.1) is 23.6 Å². The zero-order valence-corrected chi connectivity index (χ0v) is 18.0. The van der Waals surface area contributed by atoms with Crippen LogP contribution in [0.5, 0.6) is 5.75 Å². The van der Waals surface area contributed by atoms with Gasteiger partial charge < -0.3 is 4.74 Å². The molecule has 0 atom stereocenters. The van der Waals surface area contributed by atoms with Gasteiger partial charge in [-0.05, 0) is 41.3 Å². The lowest BCUT2D eigenvalue weighted by atomic mass is 10.1. The molecule has 2 aromatic carbocycles. The molecular formula is C21H21ClN2O5S. The van der Waals surface area contributed by atoms with Gasteiger partial charge in [0.1, 0.15) is 10.8 Å². The fraction of sp³-hybridized carbons (Fsp3) is 0.238.